The summed E-state index contributed by atoms with van der Waals surface area (Å²) in [6.45, 7) is 0.924. The van der Waals surface area contributed by atoms with Crippen LogP contribution in [0.4, 0.5) is 0 Å². The number of phenols is 1. The first-order chi connectivity index (χ1) is 8.25. The van der Waals surface area contributed by atoms with Gasteiger partial charge in [0.05, 0.1) is 17.9 Å². The Morgan fingerprint density at radius 1 is 1.47 bits per heavy atom. The van der Waals surface area contributed by atoms with Gasteiger partial charge in [0.1, 0.15) is 5.75 Å². The zero-order chi connectivity index (χ0) is 11.8. The van der Waals surface area contributed by atoms with Gasteiger partial charge >= 0.3 is 0 Å². The van der Waals surface area contributed by atoms with Crippen molar-refractivity contribution in [2.75, 3.05) is 6.54 Å². The molecule has 0 saturated heterocycles. The molecule has 1 atom stereocenters. The first-order valence-electron chi connectivity index (χ1n) is 5.65. The fraction of sp³-hybridized carbons (Fsp3) is 0.333. The Labute approximate surface area is 99.1 Å². The van der Waals surface area contributed by atoms with E-state index in [1.807, 2.05) is 19.2 Å². The highest BCUT2D eigenvalue weighted by atomic mass is 16.3. The summed E-state index contributed by atoms with van der Waals surface area (Å²) in [4.78, 5) is 0. The van der Waals surface area contributed by atoms with Crippen molar-refractivity contribution in [3.63, 3.8) is 0 Å². The lowest BCUT2D eigenvalue weighted by Gasteiger charge is -2.26. The van der Waals surface area contributed by atoms with Gasteiger partial charge in [-0.3, -0.25) is 4.68 Å². The number of fused-ring (bicyclic) bond motifs is 1. The van der Waals surface area contributed by atoms with Crippen LogP contribution in [0.25, 0.3) is 0 Å². The van der Waals surface area contributed by atoms with Gasteiger partial charge in [-0.1, -0.05) is 11.3 Å². The van der Waals surface area contributed by atoms with E-state index >= 15 is 0 Å². The third-order valence-electron chi connectivity index (χ3n) is 3.23. The van der Waals surface area contributed by atoms with E-state index in [1.165, 1.54) is 5.56 Å². The topological polar surface area (TPSA) is 63.0 Å². The Balaban J connectivity index is 2.10. The van der Waals surface area contributed by atoms with E-state index in [1.54, 1.807) is 16.9 Å². The zero-order valence-electron chi connectivity index (χ0n) is 9.59. The van der Waals surface area contributed by atoms with Gasteiger partial charge in [-0.15, -0.1) is 5.10 Å². The van der Waals surface area contributed by atoms with Crippen LogP contribution in [0.3, 0.4) is 0 Å². The van der Waals surface area contributed by atoms with E-state index in [0.29, 0.717) is 5.75 Å². The summed E-state index contributed by atoms with van der Waals surface area (Å²) in [7, 11) is 1.88. The fourth-order valence-corrected chi connectivity index (χ4v) is 2.36. The van der Waals surface area contributed by atoms with Gasteiger partial charge in [-0.2, -0.15) is 0 Å². The van der Waals surface area contributed by atoms with E-state index in [2.05, 4.69) is 15.6 Å². The molecule has 17 heavy (non-hydrogen) atoms. The minimum absolute atomic E-state index is 0.0610. The number of aromatic hydroxyl groups is 1. The monoisotopic (exact) mass is 230 g/mol. The maximum atomic E-state index is 9.61. The molecule has 0 radical (unpaired) electrons. The Morgan fingerprint density at radius 2 is 2.35 bits per heavy atom. The van der Waals surface area contributed by atoms with E-state index in [0.717, 1.165) is 24.2 Å². The maximum absolute atomic E-state index is 9.61. The van der Waals surface area contributed by atoms with Crippen molar-refractivity contribution in [3.8, 4) is 5.75 Å². The average molecular weight is 230 g/mol. The molecule has 5 heteroatoms. The molecule has 0 fully saturated rings. The maximum Gasteiger partial charge on any atom is 0.115 e. The molecule has 0 saturated carbocycles. The third kappa shape index (κ3) is 1.68. The standard InChI is InChI=1S/C12H14N4O/c1-16-11(7-14-15-16)12-10-6-9(17)3-2-8(10)4-5-13-12/h2-3,6-7,12-13,17H,4-5H2,1H3. The molecule has 0 aliphatic carbocycles. The Hall–Kier alpha value is -1.88. The summed E-state index contributed by atoms with van der Waals surface area (Å²) < 4.78 is 1.76. The van der Waals surface area contributed by atoms with Crippen LogP contribution >= 0.6 is 0 Å². The van der Waals surface area contributed by atoms with Gasteiger partial charge in [0.25, 0.3) is 0 Å². The van der Waals surface area contributed by atoms with Crippen molar-refractivity contribution >= 4 is 0 Å². The van der Waals surface area contributed by atoms with Gasteiger partial charge in [-0.05, 0) is 29.7 Å². The van der Waals surface area contributed by atoms with Crippen LogP contribution in [0.2, 0.25) is 0 Å². The normalized spacial score (nSPS) is 19.0. The molecule has 1 aromatic heterocycles. The van der Waals surface area contributed by atoms with Crippen LogP contribution in [0, 0.1) is 0 Å². The van der Waals surface area contributed by atoms with Crippen molar-refractivity contribution < 1.29 is 5.11 Å². The molecule has 1 aliphatic rings. The molecule has 0 amide bonds. The first kappa shape index (κ1) is 10.3. The summed E-state index contributed by atoms with van der Waals surface area (Å²) in [5.41, 5.74) is 3.39. The largest absolute Gasteiger partial charge is 0.508 e. The van der Waals surface area contributed by atoms with Crippen LogP contribution < -0.4 is 5.32 Å². The number of benzene rings is 1. The lowest BCUT2D eigenvalue weighted by Crippen LogP contribution is -2.31. The molecule has 0 bridgehead atoms. The quantitative estimate of drug-likeness (QED) is 0.759. The Kier molecular flexibility index (Phi) is 2.33. The number of rotatable bonds is 1. The number of nitrogens with zero attached hydrogens (tertiary/aromatic N) is 3. The zero-order valence-corrected chi connectivity index (χ0v) is 9.59. The highest BCUT2D eigenvalue weighted by molar-refractivity contribution is 5.41. The summed E-state index contributed by atoms with van der Waals surface area (Å²) in [6.07, 6.45) is 2.74. The third-order valence-corrected chi connectivity index (χ3v) is 3.23. The molecular formula is C12H14N4O. The van der Waals surface area contributed by atoms with Crippen LogP contribution in [0.15, 0.2) is 24.4 Å². The Bertz CT molecular complexity index is 549. The van der Waals surface area contributed by atoms with Crippen molar-refractivity contribution in [2.45, 2.75) is 12.5 Å². The molecule has 1 unspecified atom stereocenters. The van der Waals surface area contributed by atoms with Crippen molar-refractivity contribution in [2.24, 2.45) is 7.05 Å². The smallest absolute Gasteiger partial charge is 0.115 e. The second kappa shape index (κ2) is 3.85. The van der Waals surface area contributed by atoms with Crippen molar-refractivity contribution in [1.29, 1.82) is 0 Å². The number of nitrogens with one attached hydrogen (secondary N) is 1. The van der Waals surface area contributed by atoms with Crippen molar-refractivity contribution in [1.82, 2.24) is 20.3 Å². The minimum Gasteiger partial charge on any atom is -0.508 e. The number of phenolic OH excluding ortho intramolecular Hbond substituents is 1. The molecule has 88 valence electrons. The molecule has 3 rings (SSSR count). The Morgan fingerprint density at radius 3 is 3.12 bits per heavy atom. The molecule has 2 heterocycles. The van der Waals surface area contributed by atoms with E-state index < -0.39 is 0 Å². The molecule has 0 spiro atoms. The number of hydrogen-bond acceptors (Lipinski definition) is 4. The number of aryl methyl sites for hydroxylation is 1. The average Bonchev–Trinajstić information content (AvgIpc) is 2.74. The highest BCUT2D eigenvalue weighted by Gasteiger charge is 2.24. The van der Waals surface area contributed by atoms with Gasteiger partial charge in [0, 0.05) is 13.6 Å². The summed E-state index contributed by atoms with van der Waals surface area (Å²) in [5, 5.41) is 20.9. The highest BCUT2D eigenvalue weighted by Crippen LogP contribution is 2.30. The fourth-order valence-electron chi connectivity index (χ4n) is 2.36. The van der Waals surface area contributed by atoms with Crippen LogP contribution in [-0.4, -0.2) is 26.6 Å². The lowest BCUT2D eigenvalue weighted by molar-refractivity contribution is 0.468. The first-order valence-corrected chi connectivity index (χ1v) is 5.65. The second-order valence-corrected chi connectivity index (χ2v) is 4.30. The molecule has 1 aliphatic heterocycles. The van der Waals surface area contributed by atoms with E-state index in [9.17, 15) is 5.11 Å². The summed E-state index contributed by atoms with van der Waals surface area (Å²) in [6, 6.07) is 5.61. The van der Waals surface area contributed by atoms with Gasteiger partial charge in [0.2, 0.25) is 0 Å². The molecular weight excluding hydrogens is 216 g/mol. The molecule has 2 N–H and O–H groups in total. The van der Waals surface area contributed by atoms with E-state index in [4.69, 9.17) is 0 Å². The van der Waals surface area contributed by atoms with E-state index in [-0.39, 0.29) is 6.04 Å². The molecule has 1 aromatic carbocycles. The summed E-state index contributed by atoms with van der Waals surface area (Å²) >= 11 is 0. The van der Waals surface area contributed by atoms with Gasteiger partial charge in [-0.25, -0.2) is 0 Å². The van der Waals surface area contributed by atoms with Crippen LogP contribution in [-0.2, 0) is 13.5 Å². The molecule has 5 nitrogen and oxygen atoms in total. The molecule has 2 aromatic rings. The SMILES string of the molecule is Cn1nncc1C1NCCc2ccc(O)cc21. The van der Waals surface area contributed by atoms with Gasteiger partial charge < -0.3 is 10.4 Å². The predicted molar refractivity (Wildman–Crippen MR) is 62.7 cm³/mol. The summed E-state index contributed by atoms with van der Waals surface area (Å²) in [5.74, 6) is 0.299. The number of aromatic nitrogens is 3. The lowest BCUT2D eigenvalue weighted by atomic mass is 9.92. The van der Waals surface area contributed by atoms with Crippen molar-refractivity contribution in [3.05, 3.63) is 41.2 Å². The van der Waals surface area contributed by atoms with Crippen LogP contribution in [0.5, 0.6) is 5.75 Å². The van der Waals surface area contributed by atoms with Gasteiger partial charge in [0.15, 0.2) is 0 Å². The number of hydrogen-bond donors (Lipinski definition) is 2. The minimum atomic E-state index is 0.0610. The predicted octanol–water partition coefficient (Wildman–Crippen LogP) is 0.756. The second-order valence-electron chi connectivity index (χ2n) is 4.30. The van der Waals surface area contributed by atoms with Crippen LogP contribution in [0.1, 0.15) is 22.9 Å².